The maximum absolute atomic E-state index is 12.8. The number of rotatable bonds is 8. The fourth-order valence-electron chi connectivity index (χ4n) is 2.96. The van der Waals surface area contributed by atoms with Crippen LogP contribution >= 0.6 is 11.3 Å². The van der Waals surface area contributed by atoms with Gasteiger partial charge in [0, 0.05) is 12.1 Å². The Balaban J connectivity index is 2.15. The SMILES string of the molecule is CCOC(=O)Cn1c(=NC(=O)c2cc([N+](=O)[O-])cc([N+](=O)[O-])c2)sc2cc(OCC)ccc21. The predicted molar refractivity (Wildman–Crippen MR) is 117 cm³/mol. The molecule has 3 rings (SSSR count). The van der Waals surface area contributed by atoms with Gasteiger partial charge in [0.2, 0.25) is 0 Å². The van der Waals surface area contributed by atoms with Crippen molar-refractivity contribution < 1.29 is 28.9 Å². The molecule has 0 atom stereocenters. The molecule has 0 spiro atoms. The van der Waals surface area contributed by atoms with E-state index in [9.17, 15) is 29.8 Å². The van der Waals surface area contributed by atoms with Crippen molar-refractivity contribution in [3.8, 4) is 5.75 Å². The van der Waals surface area contributed by atoms with Crippen LogP contribution in [-0.2, 0) is 16.1 Å². The molecule has 0 aliphatic rings. The molecule has 0 radical (unpaired) electrons. The van der Waals surface area contributed by atoms with Crippen molar-refractivity contribution in [1.82, 2.24) is 4.57 Å². The highest BCUT2D eigenvalue weighted by Crippen LogP contribution is 2.25. The smallest absolute Gasteiger partial charge is 0.326 e. The minimum atomic E-state index is -0.934. The number of amides is 1. The van der Waals surface area contributed by atoms with Gasteiger partial charge in [-0.15, -0.1) is 0 Å². The van der Waals surface area contributed by atoms with Gasteiger partial charge in [0.25, 0.3) is 17.3 Å². The van der Waals surface area contributed by atoms with Gasteiger partial charge in [0.1, 0.15) is 12.3 Å². The molecule has 0 fully saturated rings. The molecule has 1 aromatic heterocycles. The average molecular weight is 474 g/mol. The van der Waals surface area contributed by atoms with Crippen LogP contribution in [0.15, 0.2) is 41.4 Å². The van der Waals surface area contributed by atoms with Gasteiger partial charge in [0.05, 0.1) is 44.9 Å². The number of thiazole rings is 1. The molecular weight excluding hydrogens is 456 g/mol. The van der Waals surface area contributed by atoms with E-state index in [1.165, 1.54) is 4.57 Å². The van der Waals surface area contributed by atoms with E-state index in [1.807, 2.05) is 6.92 Å². The Hall–Kier alpha value is -4.13. The first-order chi connectivity index (χ1) is 15.7. The molecular formula is C20H18N4O8S. The van der Waals surface area contributed by atoms with Crippen LogP contribution in [0.3, 0.4) is 0 Å². The number of nitro benzene ring substituents is 2. The van der Waals surface area contributed by atoms with E-state index in [4.69, 9.17) is 9.47 Å². The number of nitrogens with zero attached hydrogens (tertiary/aromatic N) is 4. The highest BCUT2D eigenvalue weighted by Gasteiger charge is 2.20. The van der Waals surface area contributed by atoms with Gasteiger partial charge in [-0.25, -0.2) is 0 Å². The van der Waals surface area contributed by atoms with Gasteiger partial charge >= 0.3 is 5.97 Å². The van der Waals surface area contributed by atoms with E-state index < -0.39 is 33.1 Å². The van der Waals surface area contributed by atoms with E-state index in [0.29, 0.717) is 22.6 Å². The fourth-order valence-corrected chi connectivity index (χ4v) is 4.02. The van der Waals surface area contributed by atoms with Gasteiger partial charge in [-0.2, -0.15) is 4.99 Å². The Morgan fingerprint density at radius 2 is 1.70 bits per heavy atom. The zero-order valence-electron chi connectivity index (χ0n) is 17.5. The van der Waals surface area contributed by atoms with Gasteiger partial charge in [-0.1, -0.05) is 11.3 Å². The number of benzene rings is 2. The van der Waals surface area contributed by atoms with E-state index >= 15 is 0 Å². The maximum Gasteiger partial charge on any atom is 0.326 e. The van der Waals surface area contributed by atoms with Gasteiger partial charge in [0.15, 0.2) is 4.80 Å². The summed E-state index contributed by atoms with van der Waals surface area (Å²) in [4.78, 5) is 49.6. The monoisotopic (exact) mass is 474 g/mol. The zero-order chi connectivity index (χ0) is 24.1. The number of hydrogen-bond acceptors (Lipinski definition) is 9. The highest BCUT2D eigenvalue weighted by atomic mass is 32.1. The van der Waals surface area contributed by atoms with Gasteiger partial charge in [-0.3, -0.25) is 29.8 Å². The lowest BCUT2D eigenvalue weighted by molar-refractivity contribution is -0.394. The highest BCUT2D eigenvalue weighted by molar-refractivity contribution is 7.16. The van der Waals surface area contributed by atoms with Crippen molar-refractivity contribution in [2.24, 2.45) is 4.99 Å². The Morgan fingerprint density at radius 1 is 1.03 bits per heavy atom. The lowest BCUT2D eigenvalue weighted by Gasteiger charge is -2.06. The third-order valence-corrected chi connectivity index (χ3v) is 5.37. The normalized spacial score (nSPS) is 11.4. The van der Waals surface area contributed by atoms with E-state index in [-0.39, 0.29) is 23.5 Å². The van der Waals surface area contributed by atoms with Crippen LogP contribution in [0, 0.1) is 20.2 Å². The van der Waals surface area contributed by atoms with Gasteiger partial charge < -0.3 is 14.0 Å². The standard InChI is InChI=1S/C20H18N4O8S/c1-3-31-15-5-6-16-17(10-15)33-20(22(16)11-18(25)32-4-2)21-19(26)12-7-13(23(27)28)9-14(8-12)24(29)30/h5-10H,3-4,11H2,1-2H3. The van der Waals surface area contributed by atoms with Crippen LogP contribution in [0.25, 0.3) is 10.2 Å². The molecule has 12 nitrogen and oxygen atoms in total. The van der Waals surface area contributed by atoms with Crippen molar-refractivity contribution >= 4 is 44.8 Å². The summed E-state index contributed by atoms with van der Waals surface area (Å²) in [5, 5.41) is 22.2. The first kappa shape index (κ1) is 23.5. The molecule has 1 heterocycles. The molecule has 13 heteroatoms. The molecule has 0 saturated carbocycles. The lowest BCUT2D eigenvalue weighted by atomic mass is 10.1. The van der Waals surface area contributed by atoms with Crippen molar-refractivity contribution in [2.75, 3.05) is 13.2 Å². The van der Waals surface area contributed by atoms with E-state index in [1.54, 1.807) is 25.1 Å². The second kappa shape index (κ2) is 9.99. The van der Waals surface area contributed by atoms with Crippen LogP contribution in [0.5, 0.6) is 5.75 Å². The summed E-state index contributed by atoms with van der Waals surface area (Å²) in [5.74, 6) is -0.899. The maximum atomic E-state index is 12.8. The number of carbonyl (C=O) groups is 2. The van der Waals surface area contributed by atoms with Crippen molar-refractivity contribution in [3.05, 3.63) is 67.0 Å². The molecule has 3 aromatic rings. The number of esters is 1. The van der Waals surface area contributed by atoms with Crippen LogP contribution in [0.2, 0.25) is 0 Å². The van der Waals surface area contributed by atoms with Crippen LogP contribution in [-0.4, -0.2) is 39.5 Å². The summed E-state index contributed by atoms with van der Waals surface area (Å²) in [6.45, 7) is 3.87. The first-order valence-corrected chi connectivity index (χ1v) is 10.5. The first-order valence-electron chi connectivity index (χ1n) is 9.68. The second-order valence-electron chi connectivity index (χ2n) is 6.51. The molecule has 0 aliphatic carbocycles. The molecule has 2 aromatic carbocycles. The Kier molecular flexibility index (Phi) is 7.13. The van der Waals surface area contributed by atoms with E-state index in [0.717, 1.165) is 29.5 Å². The molecule has 0 saturated heterocycles. The van der Waals surface area contributed by atoms with Gasteiger partial charge in [-0.05, 0) is 32.0 Å². The largest absolute Gasteiger partial charge is 0.494 e. The average Bonchev–Trinajstić information content (AvgIpc) is 3.09. The molecule has 0 aliphatic heterocycles. The Bertz CT molecular complexity index is 1300. The third-order valence-electron chi connectivity index (χ3n) is 4.33. The van der Waals surface area contributed by atoms with Crippen molar-refractivity contribution in [1.29, 1.82) is 0 Å². The summed E-state index contributed by atoms with van der Waals surface area (Å²) >= 11 is 1.09. The Morgan fingerprint density at radius 3 is 2.27 bits per heavy atom. The summed E-state index contributed by atoms with van der Waals surface area (Å²) in [7, 11) is 0. The fraction of sp³-hybridized carbons (Fsp3) is 0.250. The predicted octanol–water partition coefficient (Wildman–Crippen LogP) is 3.22. The Labute approximate surface area is 190 Å². The quantitative estimate of drug-likeness (QED) is 0.274. The number of carbonyl (C=O) groups excluding carboxylic acids is 2. The van der Waals surface area contributed by atoms with Crippen LogP contribution < -0.4 is 9.54 Å². The zero-order valence-corrected chi connectivity index (χ0v) is 18.4. The molecule has 0 unspecified atom stereocenters. The second-order valence-corrected chi connectivity index (χ2v) is 7.52. The van der Waals surface area contributed by atoms with Crippen LogP contribution in [0.4, 0.5) is 11.4 Å². The number of ether oxygens (including phenoxy) is 2. The van der Waals surface area contributed by atoms with Crippen molar-refractivity contribution in [3.63, 3.8) is 0 Å². The summed E-state index contributed by atoms with van der Waals surface area (Å²) in [6.07, 6.45) is 0. The number of non-ortho nitro benzene ring substituents is 2. The summed E-state index contributed by atoms with van der Waals surface area (Å²) in [6, 6.07) is 7.72. The minimum Gasteiger partial charge on any atom is -0.494 e. The molecule has 0 bridgehead atoms. The molecule has 172 valence electrons. The summed E-state index contributed by atoms with van der Waals surface area (Å²) < 4.78 is 12.6. The van der Waals surface area contributed by atoms with E-state index in [2.05, 4.69) is 4.99 Å². The molecule has 0 N–H and O–H groups in total. The van der Waals surface area contributed by atoms with Crippen LogP contribution in [0.1, 0.15) is 24.2 Å². The number of nitro groups is 2. The molecule has 1 amide bonds. The molecule has 33 heavy (non-hydrogen) atoms. The number of aromatic nitrogens is 1. The number of hydrogen-bond donors (Lipinski definition) is 0. The third kappa shape index (κ3) is 5.38. The summed E-state index contributed by atoms with van der Waals surface area (Å²) in [5.41, 5.74) is -0.959. The van der Waals surface area contributed by atoms with Crippen molar-refractivity contribution in [2.45, 2.75) is 20.4 Å². The topological polar surface area (TPSA) is 156 Å². The lowest BCUT2D eigenvalue weighted by Crippen LogP contribution is -2.23. The number of fused-ring (bicyclic) bond motifs is 1. The minimum absolute atomic E-state index is 0.117.